The predicted molar refractivity (Wildman–Crippen MR) is 93.6 cm³/mol. The molecule has 4 heterocycles. The largest absolute Gasteiger partial charge is 0.463 e. The van der Waals surface area contributed by atoms with E-state index in [9.17, 15) is 4.79 Å². The number of fused-ring (bicyclic) bond motifs is 2. The summed E-state index contributed by atoms with van der Waals surface area (Å²) in [6.45, 7) is 9.29. The Hall–Kier alpha value is -2.10. The molecule has 2 aliphatic heterocycles. The molecule has 0 unspecified atom stereocenters. The Morgan fingerprint density at radius 2 is 2.00 bits per heavy atom. The third-order valence-corrected chi connectivity index (χ3v) is 4.80. The number of ether oxygens (including phenoxy) is 4. The Morgan fingerprint density at radius 3 is 2.74 bits per heavy atom. The van der Waals surface area contributed by atoms with Crippen molar-refractivity contribution in [3.05, 3.63) is 18.3 Å². The van der Waals surface area contributed by atoms with Crippen molar-refractivity contribution in [2.24, 2.45) is 5.92 Å². The molecule has 0 amide bonds. The molecular formula is C18H24N4O5. The maximum Gasteiger partial charge on any atom is 0.308 e. The molecule has 9 heteroatoms. The van der Waals surface area contributed by atoms with E-state index >= 15 is 0 Å². The molecule has 2 saturated heterocycles. The Bertz CT molecular complexity index is 865. The molecule has 9 nitrogen and oxygen atoms in total. The Balaban J connectivity index is 1.63. The zero-order valence-electron chi connectivity index (χ0n) is 16.1. The third-order valence-electron chi connectivity index (χ3n) is 4.80. The van der Waals surface area contributed by atoms with Gasteiger partial charge in [-0.05, 0) is 20.8 Å². The van der Waals surface area contributed by atoms with Crippen LogP contribution in [-0.2, 0) is 23.7 Å². The fourth-order valence-electron chi connectivity index (χ4n) is 3.50. The molecule has 0 N–H and O–H groups in total. The number of esters is 1. The molecule has 146 valence electrons. The van der Waals surface area contributed by atoms with Crippen LogP contribution in [0.2, 0.25) is 0 Å². The minimum absolute atomic E-state index is 0.106. The summed E-state index contributed by atoms with van der Waals surface area (Å²) in [6, 6.07) is 0. The number of nitrogens with zero attached hydrogens (tertiary/aromatic N) is 4. The van der Waals surface area contributed by atoms with Crippen LogP contribution in [0.25, 0.3) is 11.2 Å². The highest BCUT2D eigenvalue weighted by molar-refractivity contribution is 5.73. The Labute approximate surface area is 157 Å². The van der Waals surface area contributed by atoms with E-state index in [0.717, 1.165) is 5.69 Å². The number of carbonyl (C=O) groups is 1. The van der Waals surface area contributed by atoms with Gasteiger partial charge in [0.25, 0.3) is 0 Å². The molecular weight excluding hydrogens is 352 g/mol. The van der Waals surface area contributed by atoms with Crippen molar-refractivity contribution in [1.82, 2.24) is 19.5 Å². The SMILES string of the molecule is Cc1ncnc2c1ncn2[C@@H]1O[C@H](COC(=O)C(C)C)[C@H]2OC(C)(C)O[C@H]21. The van der Waals surface area contributed by atoms with Crippen LogP contribution < -0.4 is 0 Å². The van der Waals surface area contributed by atoms with Gasteiger partial charge in [0.05, 0.1) is 17.9 Å². The highest BCUT2D eigenvalue weighted by Crippen LogP contribution is 2.43. The van der Waals surface area contributed by atoms with Gasteiger partial charge in [0.1, 0.15) is 36.8 Å². The first-order chi connectivity index (χ1) is 12.8. The first-order valence-electron chi connectivity index (χ1n) is 9.09. The van der Waals surface area contributed by atoms with Gasteiger partial charge in [0.15, 0.2) is 17.7 Å². The van der Waals surface area contributed by atoms with E-state index in [1.54, 1.807) is 20.2 Å². The Morgan fingerprint density at radius 1 is 1.26 bits per heavy atom. The van der Waals surface area contributed by atoms with E-state index in [0.29, 0.717) is 11.2 Å². The van der Waals surface area contributed by atoms with Crippen LogP contribution in [0.15, 0.2) is 12.7 Å². The van der Waals surface area contributed by atoms with Gasteiger partial charge in [-0.25, -0.2) is 15.0 Å². The second-order valence-electron chi connectivity index (χ2n) is 7.70. The van der Waals surface area contributed by atoms with Crippen molar-refractivity contribution >= 4 is 17.1 Å². The van der Waals surface area contributed by atoms with E-state index in [-0.39, 0.29) is 30.7 Å². The highest BCUT2D eigenvalue weighted by atomic mass is 16.8. The lowest BCUT2D eigenvalue weighted by Crippen LogP contribution is -2.34. The fraction of sp³-hybridized carbons (Fsp3) is 0.667. The molecule has 0 bridgehead atoms. The molecule has 0 aromatic carbocycles. The lowest BCUT2D eigenvalue weighted by molar-refractivity contribution is -0.202. The number of aromatic nitrogens is 4. The molecule has 0 radical (unpaired) electrons. The zero-order chi connectivity index (χ0) is 19.3. The van der Waals surface area contributed by atoms with Gasteiger partial charge >= 0.3 is 5.97 Å². The van der Waals surface area contributed by atoms with Crippen LogP contribution in [-0.4, -0.2) is 56.2 Å². The summed E-state index contributed by atoms with van der Waals surface area (Å²) < 4.78 is 25.5. The molecule has 27 heavy (non-hydrogen) atoms. The van der Waals surface area contributed by atoms with Crippen LogP contribution in [0.4, 0.5) is 0 Å². The molecule has 0 aliphatic carbocycles. The molecule has 4 rings (SSSR count). The summed E-state index contributed by atoms with van der Waals surface area (Å²) in [7, 11) is 0. The van der Waals surface area contributed by atoms with E-state index < -0.39 is 18.1 Å². The van der Waals surface area contributed by atoms with Crippen molar-refractivity contribution in [3.63, 3.8) is 0 Å². The third kappa shape index (κ3) is 3.19. The van der Waals surface area contributed by atoms with Gasteiger partial charge in [-0.15, -0.1) is 0 Å². The molecule has 0 saturated carbocycles. The summed E-state index contributed by atoms with van der Waals surface area (Å²) in [4.78, 5) is 24.8. The number of imidazole rings is 1. The second-order valence-corrected chi connectivity index (χ2v) is 7.70. The van der Waals surface area contributed by atoms with Crippen molar-refractivity contribution in [2.45, 2.75) is 64.9 Å². The van der Waals surface area contributed by atoms with Gasteiger partial charge < -0.3 is 18.9 Å². The van der Waals surface area contributed by atoms with Crippen LogP contribution in [0.5, 0.6) is 0 Å². The summed E-state index contributed by atoms with van der Waals surface area (Å²) in [6.07, 6.45) is 1.52. The smallest absolute Gasteiger partial charge is 0.308 e. The predicted octanol–water partition coefficient (Wildman–Crippen LogP) is 1.75. The maximum absolute atomic E-state index is 11.9. The summed E-state index contributed by atoms with van der Waals surface area (Å²) in [5.41, 5.74) is 2.17. The first-order valence-corrected chi connectivity index (χ1v) is 9.09. The quantitative estimate of drug-likeness (QED) is 0.745. The summed E-state index contributed by atoms with van der Waals surface area (Å²) in [5.74, 6) is -1.22. The first kappa shape index (κ1) is 18.3. The van der Waals surface area contributed by atoms with Crippen molar-refractivity contribution in [3.8, 4) is 0 Å². The lowest BCUT2D eigenvalue weighted by Gasteiger charge is -2.24. The minimum atomic E-state index is -0.751. The molecule has 2 fully saturated rings. The Kier molecular flexibility index (Phi) is 4.40. The normalized spacial score (nSPS) is 29.4. The molecule has 2 aromatic rings. The molecule has 0 spiro atoms. The highest BCUT2D eigenvalue weighted by Gasteiger charge is 2.56. The second kappa shape index (κ2) is 6.50. The van der Waals surface area contributed by atoms with Crippen molar-refractivity contribution < 1.29 is 23.7 Å². The van der Waals surface area contributed by atoms with Gasteiger partial charge in [0.2, 0.25) is 0 Å². The number of carbonyl (C=O) groups excluding carboxylic acids is 1. The van der Waals surface area contributed by atoms with Gasteiger partial charge in [-0.1, -0.05) is 13.8 Å². The van der Waals surface area contributed by atoms with Crippen molar-refractivity contribution in [2.75, 3.05) is 6.61 Å². The molecule has 2 aliphatic rings. The monoisotopic (exact) mass is 376 g/mol. The summed E-state index contributed by atoms with van der Waals surface area (Å²) in [5, 5.41) is 0. The van der Waals surface area contributed by atoms with Crippen molar-refractivity contribution in [1.29, 1.82) is 0 Å². The van der Waals surface area contributed by atoms with Crippen LogP contribution in [0.1, 0.15) is 39.6 Å². The standard InChI is InChI=1S/C18H24N4O5/c1-9(2)17(23)24-6-11-13-14(27-18(4,5)26-13)16(25-11)22-8-21-12-10(3)19-7-20-15(12)22/h7-9,11,13-14,16H,6H2,1-5H3/t11-,13-,14-,16-/m1/s1. The molecule has 2 aromatic heterocycles. The number of rotatable bonds is 4. The van der Waals surface area contributed by atoms with E-state index in [1.165, 1.54) is 6.33 Å². The van der Waals surface area contributed by atoms with Gasteiger partial charge in [-0.2, -0.15) is 0 Å². The average molecular weight is 376 g/mol. The van der Waals surface area contributed by atoms with E-state index in [1.807, 2.05) is 25.3 Å². The average Bonchev–Trinajstić information content (AvgIpc) is 3.24. The molecule has 4 atom stereocenters. The van der Waals surface area contributed by atoms with Crippen LogP contribution >= 0.6 is 0 Å². The fourth-order valence-corrected chi connectivity index (χ4v) is 3.50. The summed E-state index contributed by atoms with van der Waals surface area (Å²) >= 11 is 0. The lowest BCUT2D eigenvalue weighted by atomic mass is 10.1. The minimum Gasteiger partial charge on any atom is -0.463 e. The van der Waals surface area contributed by atoms with Crippen LogP contribution in [0.3, 0.4) is 0 Å². The zero-order valence-corrected chi connectivity index (χ0v) is 16.1. The topological polar surface area (TPSA) is 97.6 Å². The van der Waals surface area contributed by atoms with E-state index in [4.69, 9.17) is 18.9 Å². The van der Waals surface area contributed by atoms with Gasteiger partial charge in [0, 0.05) is 0 Å². The maximum atomic E-state index is 11.9. The van der Waals surface area contributed by atoms with Gasteiger partial charge in [-0.3, -0.25) is 9.36 Å². The number of aryl methyl sites for hydroxylation is 1. The number of hydrogen-bond acceptors (Lipinski definition) is 8. The van der Waals surface area contributed by atoms with Crippen LogP contribution in [0, 0.1) is 12.8 Å². The van der Waals surface area contributed by atoms with E-state index in [2.05, 4.69) is 15.0 Å². The number of hydrogen-bond donors (Lipinski definition) is 0.